The second-order valence-corrected chi connectivity index (χ2v) is 4.59. The van der Waals surface area contributed by atoms with Crippen LogP contribution in [0.1, 0.15) is 39.2 Å². The average molecular weight is 225 g/mol. The lowest BCUT2D eigenvalue weighted by Gasteiger charge is -2.37. The van der Waals surface area contributed by atoms with Crippen molar-refractivity contribution >= 4 is 11.6 Å². The average Bonchev–Trinajstić information content (AvgIpc) is 2.32. The first-order valence-electron chi connectivity index (χ1n) is 5.82. The molecule has 1 aromatic carbocycles. The minimum Gasteiger partial charge on any atom is -0.126 e. The zero-order chi connectivity index (χ0) is 11.3. The minimum atomic E-state index is 0.150. The molecule has 2 atom stereocenters. The molecule has 0 N–H and O–H groups in total. The van der Waals surface area contributed by atoms with Gasteiger partial charge in [-0.2, -0.15) is 0 Å². The maximum Gasteiger partial charge on any atom is 0.0323 e. The number of rotatable bonds is 5. The highest BCUT2D eigenvalue weighted by Crippen LogP contribution is 2.38. The summed E-state index contributed by atoms with van der Waals surface area (Å²) in [5.41, 5.74) is 1.54. The molecule has 0 aliphatic rings. The molecule has 0 nitrogen and oxygen atoms in total. The lowest BCUT2D eigenvalue weighted by Crippen LogP contribution is -2.34. The Bertz CT molecular complexity index is 275. The van der Waals surface area contributed by atoms with Gasteiger partial charge in [-0.05, 0) is 17.9 Å². The summed E-state index contributed by atoms with van der Waals surface area (Å²) >= 11 is 6.23. The topological polar surface area (TPSA) is 0 Å². The third-order valence-electron chi connectivity index (χ3n) is 3.77. The van der Waals surface area contributed by atoms with E-state index in [1.54, 1.807) is 0 Å². The van der Waals surface area contributed by atoms with Gasteiger partial charge in [0, 0.05) is 11.3 Å². The van der Waals surface area contributed by atoms with Crippen molar-refractivity contribution in [3.8, 4) is 0 Å². The van der Waals surface area contributed by atoms with E-state index in [9.17, 15) is 0 Å². The van der Waals surface area contributed by atoms with Crippen molar-refractivity contribution < 1.29 is 0 Å². The first-order chi connectivity index (χ1) is 7.21. The third-order valence-corrected chi connectivity index (χ3v) is 4.25. The van der Waals surface area contributed by atoms with Gasteiger partial charge >= 0.3 is 0 Å². The Kier molecular flexibility index (Phi) is 4.66. The predicted octanol–water partition coefficient (Wildman–Crippen LogP) is 4.62. The molecule has 0 aliphatic carbocycles. The SMILES string of the molecule is CCC(C)C(CC)(CCl)c1ccccc1. The molecule has 84 valence electrons. The standard InChI is InChI=1S/C14H21Cl/c1-4-12(3)14(5-2,11-15)13-9-7-6-8-10-13/h6-10,12H,4-5,11H2,1-3H3. The maximum absolute atomic E-state index is 6.23. The molecule has 2 unspecified atom stereocenters. The number of alkyl halides is 1. The lowest BCUT2D eigenvalue weighted by atomic mass is 9.69. The molecule has 0 saturated carbocycles. The van der Waals surface area contributed by atoms with Crippen LogP contribution in [0.15, 0.2) is 30.3 Å². The fraction of sp³-hybridized carbons (Fsp3) is 0.571. The van der Waals surface area contributed by atoms with Gasteiger partial charge < -0.3 is 0 Å². The predicted molar refractivity (Wildman–Crippen MR) is 68.6 cm³/mol. The molecule has 0 heterocycles. The van der Waals surface area contributed by atoms with E-state index >= 15 is 0 Å². The van der Waals surface area contributed by atoms with Gasteiger partial charge in [0.15, 0.2) is 0 Å². The summed E-state index contributed by atoms with van der Waals surface area (Å²) in [5, 5.41) is 0. The van der Waals surface area contributed by atoms with Crippen LogP contribution >= 0.6 is 11.6 Å². The molecule has 0 bridgehead atoms. The number of halogens is 1. The van der Waals surface area contributed by atoms with Crippen molar-refractivity contribution in [2.24, 2.45) is 5.92 Å². The molecule has 1 rings (SSSR count). The van der Waals surface area contributed by atoms with Crippen molar-refractivity contribution in [2.75, 3.05) is 5.88 Å². The smallest absolute Gasteiger partial charge is 0.0323 e. The third kappa shape index (κ3) is 2.36. The first-order valence-corrected chi connectivity index (χ1v) is 6.36. The molecular weight excluding hydrogens is 204 g/mol. The van der Waals surface area contributed by atoms with E-state index in [1.165, 1.54) is 12.0 Å². The Balaban J connectivity index is 3.11. The lowest BCUT2D eigenvalue weighted by molar-refractivity contribution is 0.300. The molecule has 1 aromatic rings. The van der Waals surface area contributed by atoms with Crippen LogP contribution in [0.2, 0.25) is 0 Å². The van der Waals surface area contributed by atoms with Gasteiger partial charge in [0.2, 0.25) is 0 Å². The van der Waals surface area contributed by atoms with Crippen LogP contribution < -0.4 is 0 Å². The largest absolute Gasteiger partial charge is 0.126 e. The molecule has 0 amide bonds. The van der Waals surface area contributed by atoms with Gasteiger partial charge in [-0.25, -0.2) is 0 Å². The maximum atomic E-state index is 6.23. The van der Waals surface area contributed by atoms with E-state index in [1.807, 2.05) is 0 Å². The summed E-state index contributed by atoms with van der Waals surface area (Å²) in [5.74, 6) is 1.34. The van der Waals surface area contributed by atoms with Crippen LogP contribution in [0.3, 0.4) is 0 Å². The summed E-state index contributed by atoms with van der Waals surface area (Å²) < 4.78 is 0. The van der Waals surface area contributed by atoms with Crippen LogP contribution in [0.4, 0.5) is 0 Å². The van der Waals surface area contributed by atoms with Gasteiger partial charge in [0.05, 0.1) is 0 Å². The Morgan fingerprint density at radius 1 is 1.20 bits per heavy atom. The molecule has 15 heavy (non-hydrogen) atoms. The monoisotopic (exact) mass is 224 g/mol. The van der Waals surface area contributed by atoms with Crippen LogP contribution in [0.5, 0.6) is 0 Å². The summed E-state index contributed by atoms with van der Waals surface area (Å²) in [7, 11) is 0. The van der Waals surface area contributed by atoms with E-state index in [0.29, 0.717) is 11.8 Å². The zero-order valence-electron chi connectivity index (χ0n) is 9.96. The fourth-order valence-electron chi connectivity index (χ4n) is 2.30. The summed E-state index contributed by atoms with van der Waals surface area (Å²) in [6.07, 6.45) is 2.28. The molecule has 0 saturated heterocycles. The van der Waals surface area contributed by atoms with Crippen LogP contribution in [-0.2, 0) is 5.41 Å². The molecule has 0 spiro atoms. The van der Waals surface area contributed by atoms with Gasteiger partial charge in [-0.15, -0.1) is 11.6 Å². The van der Waals surface area contributed by atoms with E-state index in [0.717, 1.165) is 6.42 Å². The second kappa shape index (κ2) is 5.55. The fourth-order valence-corrected chi connectivity index (χ4v) is 2.91. The minimum absolute atomic E-state index is 0.150. The molecule has 0 radical (unpaired) electrons. The Morgan fingerprint density at radius 3 is 2.20 bits per heavy atom. The van der Waals surface area contributed by atoms with Crippen molar-refractivity contribution in [1.82, 2.24) is 0 Å². The van der Waals surface area contributed by atoms with Crippen molar-refractivity contribution in [2.45, 2.75) is 39.0 Å². The van der Waals surface area contributed by atoms with Crippen molar-refractivity contribution in [1.29, 1.82) is 0 Å². The van der Waals surface area contributed by atoms with Gasteiger partial charge in [-0.3, -0.25) is 0 Å². The van der Waals surface area contributed by atoms with E-state index in [4.69, 9.17) is 11.6 Å². The Morgan fingerprint density at radius 2 is 1.80 bits per heavy atom. The van der Waals surface area contributed by atoms with Gasteiger partial charge in [-0.1, -0.05) is 57.5 Å². The van der Waals surface area contributed by atoms with Gasteiger partial charge in [0.25, 0.3) is 0 Å². The number of benzene rings is 1. The summed E-state index contributed by atoms with van der Waals surface area (Å²) in [6, 6.07) is 10.7. The van der Waals surface area contributed by atoms with Gasteiger partial charge in [0.1, 0.15) is 0 Å². The quantitative estimate of drug-likeness (QED) is 0.641. The van der Waals surface area contributed by atoms with Crippen LogP contribution in [-0.4, -0.2) is 5.88 Å². The number of hydrogen-bond acceptors (Lipinski definition) is 0. The molecule has 1 heteroatoms. The highest BCUT2D eigenvalue weighted by molar-refractivity contribution is 6.18. The molecule has 0 aromatic heterocycles. The summed E-state index contributed by atoms with van der Waals surface area (Å²) in [4.78, 5) is 0. The van der Waals surface area contributed by atoms with E-state index in [2.05, 4.69) is 51.1 Å². The first kappa shape index (κ1) is 12.6. The normalized spacial score (nSPS) is 17.1. The molecule has 0 fully saturated rings. The summed E-state index contributed by atoms with van der Waals surface area (Å²) in [6.45, 7) is 6.78. The highest BCUT2D eigenvalue weighted by Gasteiger charge is 2.34. The second-order valence-electron chi connectivity index (χ2n) is 4.32. The number of hydrogen-bond donors (Lipinski definition) is 0. The van der Waals surface area contributed by atoms with Crippen LogP contribution in [0, 0.1) is 5.92 Å². The van der Waals surface area contributed by atoms with E-state index < -0.39 is 0 Å². The van der Waals surface area contributed by atoms with Crippen LogP contribution in [0.25, 0.3) is 0 Å². The van der Waals surface area contributed by atoms with Crippen molar-refractivity contribution in [3.63, 3.8) is 0 Å². The highest BCUT2D eigenvalue weighted by atomic mass is 35.5. The Labute approximate surface area is 98.7 Å². The van der Waals surface area contributed by atoms with Crippen molar-refractivity contribution in [3.05, 3.63) is 35.9 Å². The molecule has 0 aliphatic heterocycles. The molecular formula is C14H21Cl. The van der Waals surface area contributed by atoms with E-state index in [-0.39, 0.29) is 5.41 Å². The Hall–Kier alpha value is -0.490. The zero-order valence-corrected chi connectivity index (χ0v) is 10.7.